The third kappa shape index (κ3) is 2.64. The van der Waals surface area contributed by atoms with Crippen LogP contribution in [0.1, 0.15) is 13.8 Å². The Labute approximate surface area is 50.8 Å². The van der Waals surface area contributed by atoms with Crippen LogP contribution in [0.3, 0.4) is 0 Å². The molecule has 0 aromatic heterocycles. The Balaban J connectivity index is 3.30. The fourth-order valence-electron chi connectivity index (χ4n) is 0.338. The topological polar surface area (TPSA) is 38.0 Å². The van der Waals surface area contributed by atoms with Gasteiger partial charge in [0.05, 0.1) is 0 Å². The molecule has 0 aliphatic carbocycles. The maximum Gasteiger partial charge on any atom is 0.0375 e. The molecular weight excluding hydrogens is 100 g/mol. The summed E-state index contributed by atoms with van der Waals surface area (Å²) in [6, 6.07) is 0.514. The van der Waals surface area contributed by atoms with Gasteiger partial charge in [-0.05, 0) is 20.0 Å². The van der Waals surface area contributed by atoms with E-state index >= 15 is 0 Å². The van der Waals surface area contributed by atoms with E-state index in [1.165, 1.54) is 0 Å². The Morgan fingerprint density at radius 2 is 2.12 bits per heavy atom. The Kier molecular flexibility index (Phi) is 3.28. The predicted molar refractivity (Wildman–Crippen MR) is 36.4 cm³/mol. The zero-order chi connectivity index (χ0) is 6.57. The molecule has 48 valence electrons. The molecule has 0 rings (SSSR count). The van der Waals surface area contributed by atoms with Gasteiger partial charge in [-0.25, -0.2) is 0 Å². The van der Waals surface area contributed by atoms with Gasteiger partial charge in [0.15, 0.2) is 0 Å². The first-order valence-electron chi connectivity index (χ1n) is 2.81. The van der Waals surface area contributed by atoms with Gasteiger partial charge < -0.3 is 11.1 Å². The standard InChI is InChI=1S/C6H14N2/c1-4-8-6(3)5(2)7/h4-6,8H,1,7H2,2-3H3/t5?,6-/m0/s1. The van der Waals surface area contributed by atoms with Gasteiger partial charge in [-0.2, -0.15) is 0 Å². The van der Waals surface area contributed by atoms with Crippen LogP contribution in [-0.2, 0) is 0 Å². The van der Waals surface area contributed by atoms with Crippen molar-refractivity contribution >= 4 is 0 Å². The lowest BCUT2D eigenvalue weighted by Crippen LogP contribution is -2.37. The van der Waals surface area contributed by atoms with Gasteiger partial charge in [-0.3, -0.25) is 0 Å². The van der Waals surface area contributed by atoms with Gasteiger partial charge in [-0.1, -0.05) is 6.58 Å². The van der Waals surface area contributed by atoms with Crippen LogP contribution in [0.15, 0.2) is 12.8 Å². The van der Waals surface area contributed by atoms with Gasteiger partial charge in [-0.15, -0.1) is 0 Å². The Morgan fingerprint density at radius 3 is 2.25 bits per heavy atom. The van der Waals surface area contributed by atoms with Crippen molar-refractivity contribution in [2.75, 3.05) is 0 Å². The highest BCUT2D eigenvalue weighted by Gasteiger charge is 2.01. The third-order valence-electron chi connectivity index (χ3n) is 1.17. The number of hydrogen-bond acceptors (Lipinski definition) is 2. The van der Waals surface area contributed by atoms with E-state index in [1.807, 2.05) is 13.8 Å². The van der Waals surface area contributed by atoms with Crippen molar-refractivity contribution in [3.63, 3.8) is 0 Å². The highest BCUT2D eigenvalue weighted by Crippen LogP contribution is 1.84. The first kappa shape index (κ1) is 7.50. The monoisotopic (exact) mass is 114 g/mol. The van der Waals surface area contributed by atoms with E-state index in [9.17, 15) is 0 Å². The van der Waals surface area contributed by atoms with Crippen molar-refractivity contribution in [1.29, 1.82) is 0 Å². The minimum atomic E-state index is 0.188. The summed E-state index contributed by atoms with van der Waals surface area (Å²) in [5.74, 6) is 0. The van der Waals surface area contributed by atoms with Crippen molar-refractivity contribution in [1.82, 2.24) is 5.32 Å². The molecular formula is C6H14N2. The first-order chi connectivity index (χ1) is 3.68. The van der Waals surface area contributed by atoms with Crippen LogP contribution in [0.25, 0.3) is 0 Å². The van der Waals surface area contributed by atoms with Gasteiger partial charge >= 0.3 is 0 Å². The molecule has 2 atom stereocenters. The van der Waals surface area contributed by atoms with Crippen LogP contribution in [0.2, 0.25) is 0 Å². The summed E-state index contributed by atoms with van der Waals surface area (Å²) >= 11 is 0. The van der Waals surface area contributed by atoms with Crippen molar-refractivity contribution in [2.24, 2.45) is 5.73 Å². The van der Waals surface area contributed by atoms with Crippen LogP contribution in [0, 0.1) is 0 Å². The van der Waals surface area contributed by atoms with E-state index in [0.29, 0.717) is 6.04 Å². The van der Waals surface area contributed by atoms with Crippen molar-refractivity contribution in [3.8, 4) is 0 Å². The summed E-state index contributed by atoms with van der Waals surface area (Å²) in [7, 11) is 0. The molecule has 0 heterocycles. The van der Waals surface area contributed by atoms with E-state index in [1.54, 1.807) is 6.20 Å². The van der Waals surface area contributed by atoms with Crippen molar-refractivity contribution in [2.45, 2.75) is 25.9 Å². The second-order valence-corrected chi connectivity index (χ2v) is 2.02. The minimum Gasteiger partial charge on any atom is -0.387 e. The number of rotatable bonds is 3. The fourth-order valence-corrected chi connectivity index (χ4v) is 0.338. The van der Waals surface area contributed by atoms with Gasteiger partial charge in [0.25, 0.3) is 0 Å². The maximum absolute atomic E-state index is 5.51. The molecule has 2 nitrogen and oxygen atoms in total. The highest BCUT2D eigenvalue weighted by molar-refractivity contribution is 4.76. The van der Waals surface area contributed by atoms with Crippen LogP contribution in [0.4, 0.5) is 0 Å². The van der Waals surface area contributed by atoms with Crippen LogP contribution < -0.4 is 11.1 Å². The Hall–Kier alpha value is -0.500. The maximum atomic E-state index is 5.51. The van der Waals surface area contributed by atoms with Crippen LogP contribution in [-0.4, -0.2) is 12.1 Å². The predicted octanol–water partition coefficient (Wildman–Crippen LogP) is 0.455. The SMILES string of the molecule is C=CN[C@@H](C)C(C)N. The van der Waals surface area contributed by atoms with E-state index < -0.39 is 0 Å². The number of nitrogens with one attached hydrogen (secondary N) is 1. The van der Waals surface area contributed by atoms with E-state index in [2.05, 4.69) is 11.9 Å². The zero-order valence-corrected chi connectivity index (χ0v) is 5.52. The zero-order valence-electron chi connectivity index (χ0n) is 5.52. The van der Waals surface area contributed by atoms with Crippen molar-refractivity contribution < 1.29 is 0 Å². The first-order valence-corrected chi connectivity index (χ1v) is 2.81. The molecule has 0 amide bonds. The molecule has 0 radical (unpaired) electrons. The fraction of sp³-hybridized carbons (Fsp3) is 0.667. The molecule has 0 saturated heterocycles. The molecule has 0 spiro atoms. The lowest BCUT2D eigenvalue weighted by atomic mass is 10.2. The largest absolute Gasteiger partial charge is 0.387 e. The lowest BCUT2D eigenvalue weighted by molar-refractivity contribution is 0.538. The van der Waals surface area contributed by atoms with E-state index in [-0.39, 0.29) is 6.04 Å². The second-order valence-electron chi connectivity index (χ2n) is 2.02. The smallest absolute Gasteiger partial charge is 0.0375 e. The van der Waals surface area contributed by atoms with Gasteiger partial charge in [0.2, 0.25) is 0 Å². The molecule has 0 aromatic carbocycles. The summed E-state index contributed by atoms with van der Waals surface area (Å²) in [6.45, 7) is 7.50. The lowest BCUT2D eigenvalue weighted by Gasteiger charge is -2.14. The molecule has 0 saturated carbocycles. The molecule has 0 bridgehead atoms. The molecule has 0 aromatic rings. The number of hydrogen-bond donors (Lipinski definition) is 2. The Bertz CT molecular complexity index is 68.9. The summed E-state index contributed by atoms with van der Waals surface area (Å²) in [5, 5.41) is 2.98. The quantitative estimate of drug-likeness (QED) is 0.559. The molecule has 3 N–H and O–H groups in total. The molecule has 0 aliphatic heterocycles. The van der Waals surface area contributed by atoms with Crippen LogP contribution in [0.5, 0.6) is 0 Å². The van der Waals surface area contributed by atoms with Gasteiger partial charge in [0, 0.05) is 12.1 Å². The molecule has 0 fully saturated rings. The summed E-state index contributed by atoms with van der Waals surface area (Å²) in [4.78, 5) is 0. The molecule has 1 unspecified atom stereocenters. The summed E-state index contributed by atoms with van der Waals surface area (Å²) in [6.07, 6.45) is 1.66. The van der Waals surface area contributed by atoms with E-state index in [4.69, 9.17) is 5.73 Å². The summed E-state index contributed by atoms with van der Waals surface area (Å²) < 4.78 is 0. The molecule has 2 heteroatoms. The second kappa shape index (κ2) is 3.50. The third-order valence-corrected chi connectivity index (χ3v) is 1.17. The average Bonchev–Trinajstić information content (AvgIpc) is 1.67. The van der Waals surface area contributed by atoms with Crippen LogP contribution >= 0.6 is 0 Å². The normalized spacial score (nSPS) is 16.9. The molecule has 0 aliphatic rings. The van der Waals surface area contributed by atoms with Gasteiger partial charge in [0.1, 0.15) is 0 Å². The molecule has 8 heavy (non-hydrogen) atoms. The van der Waals surface area contributed by atoms with E-state index in [0.717, 1.165) is 0 Å². The minimum absolute atomic E-state index is 0.188. The summed E-state index contributed by atoms with van der Waals surface area (Å²) in [5.41, 5.74) is 5.51. The average molecular weight is 114 g/mol. The van der Waals surface area contributed by atoms with Crippen molar-refractivity contribution in [3.05, 3.63) is 12.8 Å². The highest BCUT2D eigenvalue weighted by atomic mass is 14.9. The Morgan fingerprint density at radius 1 is 1.62 bits per heavy atom. The number of nitrogens with two attached hydrogens (primary N) is 1.